The Kier molecular flexibility index (Phi) is 7.52. The summed E-state index contributed by atoms with van der Waals surface area (Å²) in [5.41, 5.74) is 0.898. The molecule has 0 bridgehead atoms. The smallest absolute Gasteiger partial charge is 0.224 e. The second-order valence-electron chi connectivity index (χ2n) is 4.18. The highest BCUT2D eigenvalue weighted by Crippen LogP contribution is 2.17. The van der Waals surface area contributed by atoms with Gasteiger partial charge < -0.3 is 14.8 Å². The van der Waals surface area contributed by atoms with E-state index in [1.54, 1.807) is 14.2 Å². The van der Waals surface area contributed by atoms with Crippen LogP contribution in [-0.2, 0) is 16.0 Å². The average Bonchev–Trinajstić information content (AvgIpc) is 2.39. The summed E-state index contributed by atoms with van der Waals surface area (Å²) in [5.74, 6) is 0.747. The van der Waals surface area contributed by atoms with Crippen LogP contribution in [0.5, 0.6) is 5.75 Å². The molecule has 1 amide bonds. The summed E-state index contributed by atoms with van der Waals surface area (Å²) < 4.78 is 10.2. The summed E-state index contributed by atoms with van der Waals surface area (Å²) in [6.07, 6.45) is 1.17. The van der Waals surface area contributed by atoms with Crippen LogP contribution in [0.1, 0.15) is 12.0 Å². The molecule has 0 aliphatic heterocycles. The van der Waals surface area contributed by atoms with Crippen molar-refractivity contribution in [3.63, 3.8) is 0 Å². The maximum atomic E-state index is 11.8. The lowest BCUT2D eigenvalue weighted by Gasteiger charge is -2.11. The van der Waals surface area contributed by atoms with Crippen molar-refractivity contribution in [2.24, 2.45) is 0 Å². The van der Waals surface area contributed by atoms with Gasteiger partial charge in [-0.3, -0.25) is 4.79 Å². The summed E-state index contributed by atoms with van der Waals surface area (Å²) in [6, 6.07) is 7.55. The number of carbonyl (C=O) groups excluding carboxylic acids is 1. The minimum atomic E-state index is 0.00150. The van der Waals surface area contributed by atoms with Gasteiger partial charge in [0.2, 0.25) is 5.91 Å². The highest BCUT2D eigenvalue weighted by molar-refractivity contribution is 9.09. The minimum absolute atomic E-state index is 0.00150. The van der Waals surface area contributed by atoms with E-state index in [9.17, 15) is 4.79 Å². The van der Waals surface area contributed by atoms with E-state index >= 15 is 0 Å². The van der Waals surface area contributed by atoms with Crippen LogP contribution in [0.2, 0.25) is 0 Å². The third-order valence-corrected chi connectivity index (χ3v) is 3.39. The summed E-state index contributed by atoms with van der Waals surface area (Å²) in [4.78, 5) is 12.1. The van der Waals surface area contributed by atoms with E-state index in [1.807, 2.05) is 24.3 Å². The Hall–Kier alpha value is -1.07. The van der Waals surface area contributed by atoms with Crippen molar-refractivity contribution in [3.8, 4) is 5.75 Å². The molecule has 1 rings (SSSR count). The molecule has 106 valence electrons. The van der Waals surface area contributed by atoms with Crippen LogP contribution in [0.4, 0.5) is 0 Å². The number of hydrogen-bond acceptors (Lipinski definition) is 3. The number of hydrogen-bond donors (Lipinski definition) is 1. The van der Waals surface area contributed by atoms with Gasteiger partial charge in [-0.2, -0.15) is 0 Å². The number of amides is 1. The van der Waals surface area contributed by atoms with Crippen LogP contribution < -0.4 is 10.1 Å². The normalized spacial score (nSPS) is 11.9. The number of benzene rings is 1. The Bertz CT molecular complexity index is 398. The molecule has 1 aromatic rings. The van der Waals surface area contributed by atoms with E-state index in [2.05, 4.69) is 21.2 Å². The molecule has 5 heteroatoms. The largest absolute Gasteiger partial charge is 0.496 e. The molecule has 0 spiro atoms. The van der Waals surface area contributed by atoms with E-state index in [1.165, 1.54) is 0 Å². The summed E-state index contributed by atoms with van der Waals surface area (Å²) >= 11 is 3.48. The van der Waals surface area contributed by atoms with Gasteiger partial charge in [0.1, 0.15) is 5.75 Å². The molecule has 0 fully saturated rings. The molecule has 0 aliphatic carbocycles. The van der Waals surface area contributed by atoms with E-state index in [-0.39, 0.29) is 10.7 Å². The highest BCUT2D eigenvalue weighted by Gasteiger charge is 2.09. The predicted octanol–water partition coefficient (Wildman–Crippen LogP) is 2.15. The van der Waals surface area contributed by atoms with Crippen molar-refractivity contribution in [2.45, 2.75) is 17.7 Å². The second-order valence-corrected chi connectivity index (χ2v) is 5.47. The van der Waals surface area contributed by atoms with Gasteiger partial charge >= 0.3 is 0 Å². The first kappa shape index (κ1) is 16.0. The second kappa shape index (κ2) is 8.93. The Balaban J connectivity index is 2.35. The third-order valence-electron chi connectivity index (χ3n) is 2.67. The fourth-order valence-electron chi connectivity index (χ4n) is 1.72. The molecule has 1 atom stereocenters. The van der Waals surface area contributed by atoms with Crippen molar-refractivity contribution in [3.05, 3.63) is 29.8 Å². The minimum Gasteiger partial charge on any atom is -0.496 e. The quantitative estimate of drug-likeness (QED) is 0.743. The maximum Gasteiger partial charge on any atom is 0.224 e. The Morgan fingerprint density at radius 2 is 2.11 bits per heavy atom. The van der Waals surface area contributed by atoms with Gasteiger partial charge in [-0.1, -0.05) is 34.1 Å². The number of halogens is 1. The number of nitrogens with one attached hydrogen (secondary N) is 1. The zero-order valence-corrected chi connectivity index (χ0v) is 12.9. The topological polar surface area (TPSA) is 47.6 Å². The first-order valence-electron chi connectivity index (χ1n) is 6.19. The summed E-state index contributed by atoms with van der Waals surface area (Å²) in [5, 5.41) is 2.89. The molecular weight excluding hydrogens is 310 g/mol. The van der Waals surface area contributed by atoms with Crippen molar-refractivity contribution >= 4 is 21.8 Å². The molecule has 0 aromatic heterocycles. The molecule has 1 unspecified atom stereocenters. The molecule has 4 nitrogen and oxygen atoms in total. The SMILES string of the molecule is COCC(Br)CCNC(=O)Cc1ccccc1OC. The Morgan fingerprint density at radius 3 is 2.79 bits per heavy atom. The van der Waals surface area contributed by atoms with E-state index in [0.29, 0.717) is 19.6 Å². The van der Waals surface area contributed by atoms with Crippen molar-refractivity contribution < 1.29 is 14.3 Å². The number of para-hydroxylation sites is 1. The van der Waals surface area contributed by atoms with Crippen molar-refractivity contribution in [1.29, 1.82) is 0 Å². The molecular formula is C14H20BrNO3. The molecule has 0 saturated carbocycles. The van der Waals surface area contributed by atoms with Crippen molar-refractivity contribution in [2.75, 3.05) is 27.4 Å². The number of rotatable bonds is 8. The zero-order valence-electron chi connectivity index (χ0n) is 11.3. The fraction of sp³-hybridized carbons (Fsp3) is 0.500. The van der Waals surface area contributed by atoms with Crippen molar-refractivity contribution in [1.82, 2.24) is 5.32 Å². The van der Waals surface area contributed by atoms with Crippen LogP contribution in [-0.4, -0.2) is 38.1 Å². The van der Waals surface area contributed by atoms with Gasteiger partial charge in [0.25, 0.3) is 0 Å². The van der Waals surface area contributed by atoms with Gasteiger partial charge in [0.15, 0.2) is 0 Å². The van der Waals surface area contributed by atoms with Crippen LogP contribution >= 0.6 is 15.9 Å². The van der Waals surface area contributed by atoms with E-state index in [4.69, 9.17) is 9.47 Å². The molecule has 1 N–H and O–H groups in total. The Morgan fingerprint density at radius 1 is 1.37 bits per heavy atom. The van der Waals surface area contributed by atoms with Gasteiger partial charge in [-0.15, -0.1) is 0 Å². The lowest BCUT2D eigenvalue weighted by molar-refractivity contribution is -0.120. The maximum absolute atomic E-state index is 11.8. The lowest BCUT2D eigenvalue weighted by atomic mass is 10.1. The first-order valence-corrected chi connectivity index (χ1v) is 7.10. The molecule has 0 aliphatic rings. The molecule has 0 saturated heterocycles. The first-order chi connectivity index (χ1) is 9.17. The van der Waals surface area contributed by atoms with Gasteiger partial charge in [-0.05, 0) is 12.5 Å². The van der Waals surface area contributed by atoms with Gasteiger partial charge in [-0.25, -0.2) is 0 Å². The lowest BCUT2D eigenvalue weighted by Crippen LogP contribution is -2.28. The fourth-order valence-corrected chi connectivity index (χ4v) is 2.21. The third kappa shape index (κ3) is 6.07. The van der Waals surface area contributed by atoms with E-state index < -0.39 is 0 Å². The van der Waals surface area contributed by atoms with Crippen LogP contribution in [0.15, 0.2) is 24.3 Å². The number of alkyl halides is 1. The molecule has 19 heavy (non-hydrogen) atoms. The highest BCUT2D eigenvalue weighted by atomic mass is 79.9. The predicted molar refractivity (Wildman–Crippen MR) is 78.9 cm³/mol. The molecule has 0 radical (unpaired) electrons. The number of methoxy groups -OCH3 is 2. The van der Waals surface area contributed by atoms with Crippen LogP contribution in [0.3, 0.4) is 0 Å². The molecule has 0 heterocycles. The van der Waals surface area contributed by atoms with E-state index in [0.717, 1.165) is 17.7 Å². The monoisotopic (exact) mass is 329 g/mol. The number of ether oxygens (including phenoxy) is 2. The summed E-state index contributed by atoms with van der Waals surface area (Å²) in [6.45, 7) is 1.27. The number of carbonyl (C=O) groups is 1. The Labute approximate surface area is 122 Å². The van der Waals surface area contributed by atoms with Gasteiger partial charge in [0.05, 0.1) is 20.1 Å². The van der Waals surface area contributed by atoms with Crippen LogP contribution in [0.25, 0.3) is 0 Å². The standard InChI is InChI=1S/C14H20BrNO3/c1-18-10-12(15)7-8-16-14(17)9-11-5-3-4-6-13(11)19-2/h3-6,12H,7-10H2,1-2H3,(H,16,17). The molecule has 1 aromatic carbocycles. The van der Waals surface area contributed by atoms with Crippen LogP contribution in [0, 0.1) is 0 Å². The average molecular weight is 330 g/mol. The van der Waals surface area contributed by atoms with Gasteiger partial charge in [0, 0.05) is 24.0 Å². The zero-order chi connectivity index (χ0) is 14.1. The summed E-state index contributed by atoms with van der Waals surface area (Å²) in [7, 11) is 3.27.